The van der Waals surface area contributed by atoms with Crippen LogP contribution < -0.4 is 5.32 Å². The van der Waals surface area contributed by atoms with Crippen LogP contribution in [0.4, 0.5) is 19.0 Å². The molecule has 1 N–H and O–H groups in total. The zero-order chi connectivity index (χ0) is 13.8. The summed E-state index contributed by atoms with van der Waals surface area (Å²) in [6.45, 7) is 7.04. The Morgan fingerprint density at radius 3 is 2.33 bits per heavy atom. The van der Waals surface area contributed by atoms with Crippen molar-refractivity contribution >= 4 is 17.6 Å². The molecule has 0 saturated carbocycles. The second-order valence-electron chi connectivity index (χ2n) is 4.82. The summed E-state index contributed by atoms with van der Waals surface area (Å²) in [6.07, 6.45) is -3.48. The zero-order valence-corrected chi connectivity index (χ0v) is 11.5. The van der Waals surface area contributed by atoms with Crippen LogP contribution in [0.2, 0.25) is 0 Å². The molecule has 0 aliphatic carbocycles. The van der Waals surface area contributed by atoms with Gasteiger partial charge in [-0.15, -0.1) is 0 Å². The molecule has 0 aliphatic rings. The first-order valence-electron chi connectivity index (χ1n) is 5.59. The largest absolute Gasteiger partial charge is 0.417 e. The van der Waals surface area contributed by atoms with E-state index in [2.05, 4.69) is 31.1 Å². The third-order valence-electron chi connectivity index (χ3n) is 2.03. The summed E-state index contributed by atoms with van der Waals surface area (Å²) in [5, 5.41) is 3.00. The summed E-state index contributed by atoms with van der Waals surface area (Å²) in [4.78, 5) is 3.74. The van der Waals surface area contributed by atoms with Crippen molar-refractivity contribution < 1.29 is 13.2 Å². The second-order valence-corrected chi connectivity index (χ2v) is 6.74. The Balaban J connectivity index is 2.41. The highest BCUT2D eigenvalue weighted by molar-refractivity contribution is 8.00. The number of nitrogens with zero attached hydrogens (tertiary/aromatic N) is 1. The van der Waals surface area contributed by atoms with Gasteiger partial charge in [0.25, 0.3) is 0 Å². The third kappa shape index (κ3) is 5.62. The molecule has 0 saturated heterocycles. The van der Waals surface area contributed by atoms with Crippen LogP contribution >= 0.6 is 11.8 Å². The fourth-order valence-electron chi connectivity index (χ4n) is 1.20. The number of thioether (sulfide) groups is 1. The minimum Gasteiger partial charge on any atom is -0.369 e. The maximum Gasteiger partial charge on any atom is 0.417 e. The number of anilines is 1. The summed E-state index contributed by atoms with van der Waals surface area (Å²) < 4.78 is 37.1. The molecule has 0 aromatic carbocycles. The monoisotopic (exact) mass is 278 g/mol. The summed E-state index contributed by atoms with van der Waals surface area (Å²) >= 11 is 1.79. The molecule has 2 nitrogen and oxygen atoms in total. The highest BCUT2D eigenvalue weighted by atomic mass is 32.2. The van der Waals surface area contributed by atoms with E-state index in [0.717, 1.165) is 18.0 Å². The molecule has 0 radical (unpaired) electrons. The number of aromatic nitrogens is 1. The summed E-state index contributed by atoms with van der Waals surface area (Å²) in [5.74, 6) is 1.35. The van der Waals surface area contributed by atoms with Crippen molar-refractivity contribution in [3.05, 3.63) is 23.9 Å². The van der Waals surface area contributed by atoms with Gasteiger partial charge < -0.3 is 5.32 Å². The Hall–Kier alpha value is -0.910. The van der Waals surface area contributed by atoms with Crippen LogP contribution in [0, 0.1) is 0 Å². The van der Waals surface area contributed by atoms with Gasteiger partial charge in [0.05, 0.1) is 5.56 Å². The van der Waals surface area contributed by atoms with Crippen LogP contribution in [0.3, 0.4) is 0 Å². The van der Waals surface area contributed by atoms with Gasteiger partial charge in [-0.05, 0) is 12.1 Å². The molecule has 0 amide bonds. The van der Waals surface area contributed by atoms with Crippen LogP contribution in [0.15, 0.2) is 18.3 Å². The topological polar surface area (TPSA) is 24.9 Å². The van der Waals surface area contributed by atoms with E-state index < -0.39 is 11.7 Å². The van der Waals surface area contributed by atoms with Crippen LogP contribution in [0.5, 0.6) is 0 Å². The molecule has 1 aromatic rings. The Labute approximate surface area is 109 Å². The van der Waals surface area contributed by atoms with Crippen molar-refractivity contribution in [1.82, 2.24) is 4.98 Å². The molecule has 0 atom stereocenters. The lowest BCUT2D eigenvalue weighted by Crippen LogP contribution is -2.13. The number of hydrogen-bond donors (Lipinski definition) is 1. The molecule has 1 rings (SSSR count). The molecule has 1 aromatic heterocycles. The molecular weight excluding hydrogens is 261 g/mol. The van der Waals surface area contributed by atoms with E-state index >= 15 is 0 Å². The van der Waals surface area contributed by atoms with Crippen LogP contribution in [0.25, 0.3) is 0 Å². The molecule has 0 spiro atoms. The van der Waals surface area contributed by atoms with Crippen LogP contribution in [-0.2, 0) is 6.18 Å². The van der Waals surface area contributed by atoms with Gasteiger partial charge in [-0.2, -0.15) is 24.9 Å². The Morgan fingerprint density at radius 1 is 1.22 bits per heavy atom. The lowest BCUT2D eigenvalue weighted by Gasteiger charge is -2.17. The maximum atomic E-state index is 12.3. The van der Waals surface area contributed by atoms with Crippen molar-refractivity contribution in [2.45, 2.75) is 31.7 Å². The number of halogens is 3. The molecule has 0 unspecified atom stereocenters. The predicted molar refractivity (Wildman–Crippen MR) is 69.9 cm³/mol. The van der Waals surface area contributed by atoms with Gasteiger partial charge >= 0.3 is 6.18 Å². The van der Waals surface area contributed by atoms with Gasteiger partial charge in [-0.1, -0.05) is 20.8 Å². The Bertz CT molecular complexity index is 368. The molecule has 0 fully saturated rings. The quantitative estimate of drug-likeness (QED) is 0.841. The fourth-order valence-corrected chi connectivity index (χ4v) is 2.02. The predicted octanol–water partition coefficient (Wildman–Crippen LogP) is 4.04. The van der Waals surface area contributed by atoms with E-state index in [4.69, 9.17) is 0 Å². The van der Waals surface area contributed by atoms with Gasteiger partial charge in [-0.3, -0.25) is 0 Å². The maximum absolute atomic E-state index is 12.3. The van der Waals surface area contributed by atoms with Crippen LogP contribution in [0.1, 0.15) is 26.3 Å². The van der Waals surface area contributed by atoms with Crippen molar-refractivity contribution in [2.75, 3.05) is 17.6 Å². The normalized spacial score (nSPS) is 12.6. The molecule has 0 bridgehead atoms. The van der Waals surface area contributed by atoms with E-state index in [1.54, 1.807) is 11.8 Å². The van der Waals surface area contributed by atoms with Crippen molar-refractivity contribution in [3.63, 3.8) is 0 Å². The minimum absolute atomic E-state index is 0.190. The highest BCUT2D eigenvalue weighted by Gasteiger charge is 2.30. The number of pyridine rings is 1. The van der Waals surface area contributed by atoms with E-state index in [0.29, 0.717) is 12.4 Å². The van der Waals surface area contributed by atoms with Crippen molar-refractivity contribution in [2.24, 2.45) is 0 Å². The number of rotatable bonds is 4. The van der Waals surface area contributed by atoms with Crippen molar-refractivity contribution in [1.29, 1.82) is 0 Å². The van der Waals surface area contributed by atoms with Gasteiger partial charge in [-0.25, -0.2) is 4.98 Å². The van der Waals surface area contributed by atoms with Gasteiger partial charge in [0.1, 0.15) is 5.82 Å². The summed E-state index contributed by atoms with van der Waals surface area (Å²) in [7, 11) is 0. The van der Waals surface area contributed by atoms with Crippen molar-refractivity contribution in [3.8, 4) is 0 Å². The first kappa shape index (κ1) is 15.1. The van der Waals surface area contributed by atoms with Gasteiger partial charge in [0, 0.05) is 23.2 Å². The highest BCUT2D eigenvalue weighted by Crippen LogP contribution is 2.28. The first-order chi connectivity index (χ1) is 8.18. The smallest absolute Gasteiger partial charge is 0.369 e. The summed E-state index contributed by atoms with van der Waals surface area (Å²) in [6, 6.07) is 2.39. The molecule has 1 heterocycles. The number of hydrogen-bond acceptors (Lipinski definition) is 3. The third-order valence-corrected chi connectivity index (χ3v) is 3.31. The van der Waals surface area contributed by atoms with E-state index in [-0.39, 0.29) is 4.75 Å². The lowest BCUT2D eigenvalue weighted by molar-refractivity contribution is -0.137. The van der Waals surface area contributed by atoms with Gasteiger partial charge in [0.15, 0.2) is 0 Å². The molecule has 0 aliphatic heterocycles. The number of alkyl halides is 3. The minimum atomic E-state index is -4.33. The SMILES string of the molecule is CC(C)(C)SCCNc1ccc(C(F)(F)F)cn1. The van der Waals surface area contributed by atoms with E-state index in [9.17, 15) is 13.2 Å². The standard InChI is InChI=1S/C12H17F3N2S/c1-11(2,3)18-7-6-16-10-5-4-9(8-17-10)12(13,14)15/h4-5,8H,6-7H2,1-3H3,(H,16,17). The first-order valence-corrected chi connectivity index (χ1v) is 6.58. The average Bonchev–Trinajstić information content (AvgIpc) is 2.22. The molecule has 102 valence electrons. The summed E-state index contributed by atoms with van der Waals surface area (Å²) in [5.41, 5.74) is -0.725. The van der Waals surface area contributed by atoms with E-state index in [1.807, 2.05) is 0 Å². The Kier molecular flexibility index (Phi) is 4.90. The average molecular weight is 278 g/mol. The fraction of sp³-hybridized carbons (Fsp3) is 0.583. The molecule has 18 heavy (non-hydrogen) atoms. The number of nitrogens with one attached hydrogen (secondary N) is 1. The molecule has 6 heteroatoms. The lowest BCUT2D eigenvalue weighted by atomic mass is 10.3. The van der Waals surface area contributed by atoms with E-state index in [1.165, 1.54) is 6.07 Å². The second kappa shape index (κ2) is 5.82. The van der Waals surface area contributed by atoms with Crippen LogP contribution in [-0.4, -0.2) is 22.0 Å². The Morgan fingerprint density at radius 2 is 1.89 bits per heavy atom. The zero-order valence-electron chi connectivity index (χ0n) is 10.6. The molecular formula is C12H17F3N2S. The van der Waals surface area contributed by atoms with Gasteiger partial charge in [0.2, 0.25) is 0 Å².